The Morgan fingerprint density at radius 3 is 2.48 bits per heavy atom. The second-order valence-corrected chi connectivity index (χ2v) is 5.18. The third-order valence-electron chi connectivity index (χ3n) is 3.43. The molecule has 0 aromatic carbocycles. The van der Waals surface area contributed by atoms with E-state index in [-0.39, 0.29) is 11.6 Å². The summed E-state index contributed by atoms with van der Waals surface area (Å²) in [6.45, 7) is 3.42. The molecule has 1 saturated heterocycles. The van der Waals surface area contributed by atoms with E-state index >= 15 is 0 Å². The Morgan fingerprint density at radius 2 is 1.90 bits per heavy atom. The Labute approximate surface area is 123 Å². The van der Waals surface area contributed by atoms with E-state index in [1.54, 1.807) is 25.2 Å². The average Bonchev–Trinajstić information content (AvgIpc) is 2.48. The maximum Gasteiger partial charge on any atom is 0.268 e. The first-order valence-electron chi connectivity index (χ1n) is 6.76. The molecule has 0 spiro atoms. The first kappa shape index (κ1) is 15.2. The van der Waals surface area contributed by atoms with E-state index < -0.39 is 5.91 Å². The van der Waals surface area contributed by atoms with Crippen LogP contribution >= 0.6 is 0 Å². The van der Waals surface area contributed by atoms with Crippen molar-refractivity contribution < 1.29 is 9.59 Å². The van der Waals surface area contributed by atoms with Crippen LogP contribution in [0.25, 0.3) is 0 Å². The number of hydrogen-bond donors (Lipinski definition) is 1. The van der Waals surface area contributed by atoms with Crippen LogP contribution in [0.15, 0.2) is 12.4 Å². The molecule has 0 aliphatic carbocycles. The van der Waals surface area contributed by atoms with Crippen molar-refractivity contribution in [3.63, 3.8) is 0 Å². The van der Waals surface area contributed by atoms with Crippen molar-refractivity contribution in [2.75, 3.05) is 51.7 Å². The molecular weight excluding hydrogens is 272 g/mol. The molecule has 1 aromatic rings. The van der Waals surface area contributed by atoms with E-state index in [1.807, 2.05) is 4.90 Å². The number of aromatic nitrogens is 2. The lowest BCUT2D eigenvalue weighted by atomic mass is 10.3. The predicted molar refractivity (Wildman–Crippen MR) is 77.9 cm³/mol. The third kappa shape index (κ3) is 3.88. The monoisotopic (exact) mass is 292 g/mol. The van der Waals surface area contributed by atoms with Crippen molar-refractivity contribution in [1.82, 2.24) is 19.8 Å². The van der Waals surface area contributed by atoms with Gasteiger partial charge in [-0.25, -0.2) is 4.98 Å². The van der Waals surface area contributed by atoms with Gasteiger partial charge in [-0.1, -0.05) is 0 Å². The lowest BCUT2D eigenvalue weighted by Gasteiger charge is -2.35. The number of primary amides is 1. The first-order chi connectivity index (χ1) is 9.97. The Morgan fingerprint density at radius 1 is 1.24 bits per heavy atom. The fourth-order valence-electron chi connectivity index (χ4n) is 2.09. The molecule has 0 atom stereocenters. The van der Waals surface area contributed by atoms with Gasteiger partial charge < -0.3 is 15.5 Å². The maximum atomic E-state index is 11.7. The van der Waals surface area contributed by atoms with Gasteiger partial charge in [0, 0.05) is 40.3 Å². The summed E-state index contributed by atoms with van der Waals surface area (Å²) in [4.78, 5) is 36.7. The van der Waals surface area contributed by atoms with Crippen LogP contribution in [0.5, 0.6) is 0 Å². The number of hydrogen-bond acceptors (Lipinski definition) is 6. The van der Waals surface area contributed by atoms with Crippen LogP contribution in [0.2, 0.25) is 0 Å². The quantitative estimate of drug-likeness (QED) is 0.748. The zero-order chi connectivity index (χ0) is 15.4. The van der Waals surface area contributed by atoms with Crippen molar-refractivity contribution in [2.24, 2.45) is 5.73 Å². The van der Waals surface area contributed by atoms with Gasteiger partial charge in [-0.15, -0.1) is 0 Å². The molecule has 21 heavy (non-hydrogen) atoms. The van der Waals surface area contributed by atoms with Gasteiger partial charge in [-0.3, -0.25) is 19.5 Å². The van der Waals surface area contributed by atoms with Gasteiger partial charge in [0.25, 0.3) is 5.91 Å². The Hall–Kier alpha value is -2.22. The number of carbonyl (C=O) groups is 2. The zero-order valence-corrected chi connectivity index (χ0v) is 12.3. The van der Waals surface area contributed by atoms with Crippen molar-refractivity contribution in [1.29, 1.82) is 0 Å². The fraction of sp³-hybridized carbons (Fsp3) is 0.538. The normalized spacial score (nSPS) is 15.8. The summed E-state index contributed by atoms with van der Waals surface area (Å²) in [6, 6.07) is 0. The average molecular weight is 292 g/mol. The zero-order valence-electron chi connectivity index (χ0n) is 12.3. The molecule has 1 aromatic heterocycles. The lowest BCUT2D eigenvalue weighted by Crippen LogP contribution is -2.49. The van der Waals surface area contributed by atoms with Gasteiger partial charge in [-0.05, 0) is 0 Å². The Bertz CT molecular complexity index is 525. The van der Waals surface area contributed by atoms with Crippen LogP contribution in [0.1, 0.15) is 10.5 Å². The summed E-state index contributed by atoms with van der Waals surface area (Å²) >= 11 is 0. The number of nitrogens with two attached hydrogens (primary N) is 1. The van der Waals surface area contributed by atoms with Gasteiger partial charge in [0.15, 0.2) is 0 Å². The maximum absolute atomic E-state index is 11.7. The molecule has 1 aliphatic heterocycles. The SMILES string of the molecule is CN(C)C(=O)CN1CCN(c2cncc(C(N)=O)n2)CC1. The molecule has 0 radical (unpaired) electrons. The van der Waals surface area contributed by atoms with Crippen LogP contribution in [-0.4, -0.2) is 78.4 Å². The van der Waals surface area contributed by atoms with Crippen LogP contribution < -0.4 is 10.6 Å². The summed E-state index contributed by atoms with van der Waals surface area (Å²) in [5.41, 5.74) is 5.37. The molecule has 1 aliphatic rings. The number of likely N-dealkylation sites (N-methyl/N-ethyl adjacent to an activating group) is 1. The third-order valence-corrected chi connectivity index (χ3v) is 3.43. The number of nitrogens with zero attached hydrogens (tertiary/aromatic N) is 5. The van der Waals surface area contributed by atoms with E-state index in [0.29, 0.717) is 12.4 Å². The van der Waals surface area contributed by atoms with E-state index in [4.69, 9.17) is 5.73 Å². The number of piperazine rings is 1. The summed E-state index contributed by atoms with van der Waals surface area (Å²) < 4.78 is 0. The predicted octanol–water partition coefficient (Wildman–Crippen LogP) is -1.21. The molecule has 2 N–H and O–H groups in total. The number of rotatable bonds is 4. The molecule has 8 nitrogen and oxygen atoms in total. The second-order valence-electron chi connectivity index (χ2n) is 5.18. The van der Waals surface area contributed by atoms with Crippen LogP contribution in [0, 0.1) is 0 Å². The molecule has 2 rings (SSSR count). The van der Waals surface area contributed by atoms with Crippen LogP contribution in [0.3, 0.4) is 0 Å². The number of anilines is 1. The van der Waals surface area contributed by atoms with Crippen LogP contribution in [0.4, 0.5) is 5.82 Å². The highest BCUT2D eigenvalue weighted by molar-refractivity contribution is 5.90. The first-order valence-corrected chi connectivity index (χ1v) is 6.76. The molecule has 0 saturated carbocycles. The van der Waals surface area contributed by atoms with Gasteiger partial charge in [0.1, 0.15) is 11.5 Å². The molecule has 2 heterocycles. The van der Waals surface area contributed by atoms with Gasteiger partial charge in [0.2, 0.25) is 5.91 Å². The van der Waals surface area contributed by atoms with E-state index in [0.717, 1.165) is 26.2 Å². The Kier molecular flexibility index (Phi) is 4.69. The molecule has 114 valence electrons. The molecular formula is C13H20N6O2. The largest absolute Gasteiger partial charge is 0.364 e. The molecule has 2 amide bonds. The smallest absolute Gasteiger partial charge is 0.268 e. The topological polar surface area (TPSA) is 95.7 Å². The standard InChI is InChI=1S/C13H20N6O2/c1-17(2)12(20)9-18-3-5-19(6-4-18)11-8-15-7-10(16-11)13(14)21/h7-8H,3-6,9H2,1-2H3,(H2,14,21). The minimum atomic E-state index is -0.584. The van der Waals surface area contributed by atoms with E-state index in [9.17, 15) is 9.59 Å². The van der Waals surface area contributed by atoms with Gasteiger partial charge >= 0.3 is 0 Å². The molecule has 0 bridgehead atoms. The summed E-state index contributed by atoms with van der Waals surface area (Å²) in [6.07, 6.45) is 2.98. The van der Waals surface area contributed by atoms with Gasteiger partial charge in [0.05, 0.1) is 18.9 Å². The van der Waals surface area contributed by atoms with Gasteiger partial charge in [-0.2, -0.15) is 0 Å². The minimum absolute atomic E-state index is 0.0963. The fourth-order valence-corrected chi connectivity index (χ4v) is 2.09. The Balaban J connectivity index is 1.93. The van der Waals surface area contributed by atoms with Crippen molar-refractivity contribution in [2.45, 2.75) is 0 Å². The van der Waals surface area contributed by atoms with E-state index in [2.05, 4.69) is 14.9 Å². The summed E-state index contributed by atoms with van der Waals surface area (Å²) in [5, 5.41) is 0. The molecule has 1 fully saturated rings. The summed E-state index contributed by atoms with van der Waals surface area (Å²) in [7, 11) is 3.51. The second kappa shape index (κ2) is 6.49. The van der Waals surface area contributed by atoms with E-state index in [1.165, 1.54) is 6.20 Å². The molecule has 8 heteroatoms. The van der Waals surface area contributed by atoms with Crippen molar-refractivity contribution in [3.8, 4) is 0 Å². The minimum Gasteiger partial charge on any atom is -0.364 e. The van der Waals surface area contributed by atoms with Crippen molar-refractivity contribution >= 4 is 17.6 Å². The molecule has 0 unspecified atom stereocenters. The highest BCUT2D eigenvalue weighted by atomic mass is 16.2. The van der Waals surface area contributed by atoms with Crippen molar-refractivity contribution in [3.05, 3.63) is 18.1 Å². The number of amides is 2. The number of carbonyl (C=O) groups excluding carboxylic acids is 2. The lowest BCUT2D eigenvalue weighted by molar-refractivity contribution is -0.129. The highest BCUT2D eigenvalue weighted by Gasteiger charge is 2.21. The summed E-state index contributed by atoms with van der Waals surface area (Å²) in [5.74, 6) is 0.156. The van der Waals surface area contributed by atoms with Crippen LogP contribution in [-0.2, 0) is 4.79 Å². The highest BCUT2D eigenvalue weighted by Crippen LogP contribution is 2.12.